The van der Waals surface area contributed by atoms with Gasteiger partial charge in [0.25, 0.3) is 0 Å². The molecular weight excluding hydrogens is 546 g/mol. The molecule has 3 aromatic rings. The first kappa shape index (κ1) is 28.6. The number of carboxylic acids is 1. The first-order valence-electron chi connectivity index (χ1n) is 15.3. The molecule has 43 heavy (non-hydrogen) atoms. The number of benzene rings is 2. The quantitative estimate of drug-likeness (QED) is 0.337. The number of urea groups is 1. The average Bonchev–Trinajstić information content (AvgIpc) is 3.67. The third-order valence-corrected chi connectivity index (χ3v) is 8.92. The van der Waals surface area contributed by atoms with Crippen LogP contribution in [0.5, 0.6) is 0 Å². The van der Waals surface area contributed by atoms with Crippen molar-refractivity contribution >= 4 is 51.7 Å². The molecule has 1 aliphatic heterocycles. The molecule has 0 saturated heterocycles. The SMILES string of the molecule is O=C(O)Cn1ccc2ccc(NC(=O)CN3N=C(C4CCCCC4)c4ccccc4N(CC(=O)C4CCCC4)C3=O)cc21. The smallest absolute Gasteiger partial charge is 0.345 e. The summed E-state index contributed by atoms with van der Waals surface area (Å²) in [6, 6.07) is 14.2. The minimum Gasteiger partial charge on any atom is -0.480 e. The Hall–Kier alpha value is -4.47. The van der Waals surface area contributed by atoms with E-state index in [0.717, 1.165) is 68.0 Å². The summed E-state index contributed by atoms with van der Waals surface area (Å²) in [5.74, 6) is -1.25. The summed E-state index contributed by atoms with van der Waals surface area (Å²) in [7, 11) is 0. The highest BCUT2D eigenvalue weighted by Gasteiger charge is 2.36. The molecule has 2 N–H and O–H groups in total. The van der Waals surface area contributed by atoms with Gasteiger partial charge in [0.05, 0.1) is 23.5 Å². The van der Waals surface area contributed by atoms with E-state index in [-0.39, 0.29) is 37.3 Å². The highest BCUT2D eigenvalue weighted by atomic mass is 16.4. The number of fused-ring (bicyclic) bond motifs is 2. The summed E-state index contributed by atoms with van der Waals surface area (Å²) in [6.45, 7) is -0.577. The number of hydrogen-bond donors (Lipinski definition) is 2. The second-order valence-electron chi connectivity index (χ2n) is 11.9. The maximum atomic E-state index is 14.1. The fourth-order valence-electron chi connectivity index (χ4n) is 6.74. The molecule has 2 fully saturated rings. The Labute approximate surface area is 250 Å². The lowest BCUT2D eigenvalue weighted by Gasteiger charge is -2.26. The summed E-state index contributed by atoms with van der Waals surface area (Å²) in [5.41, 5.74) is 3.46. The molecule has 1 aromatic heterocycles. The molecule has 2 heterocycles. The molecule has 2 saturated carbocycles. The Morgan fingerprint density at radius 3 is 2.40 bits per heavy atom. The van der Waals surface area contributed by atoms with Gasteiger partial charge in [-0.15, -0.1) is 0 Å². The number of nitrogens with zero attached hydrogens (tertiary/aromatic N) is 4. The minimum atomic E-state index is -0.963. The molecule has 6 rings (SSSR count). The molecule has 0 radical (unpaired) electrons. The van der Waals surface area contributed by atoms with Crippen LogP contribution in [-0.4, -0.2) is 57.2 Å². The van der Waals surface area contributed by atoms with Crippen molar-refractivity contribution in [3.8, 4) is 0 Å². The molecule has 2 aliphatic carbocycles. The third-order valence-electron chi connectivity index (χ3n) is 8.92. The largest absolute Gasteiger partial charge is 0.480 e. The van der Waals surface area contributed by atoms with Crippen molar-refractivity contribution < 1.29 is 24.3 Å². The van der Waals surface area contributed by atoms with Gasteiger partial charge in [-0.05, 0) is 55.3 Å². The van der Waals surface area contributed by atoms with E-state index < -0.39 is 17.9 Å². The lowest BCUT2D eigenvalue weighted by Crippen LogP contribution is -2.46. The number of Topliss-reactive ketones (excluding diaryl/α,β-unsaturated/α-hetero) is 1. The van der Waals surface area contributed by atoms with Crippen molar-refractivity contribution in [2.24, 2.45) is 16.9 Å². The van der Waals surface area contributed by atoms with Crippen molar-refractivity contribution in [1.82, 2.24) is 9.58 Å². The van der Waals surface area contributed by atoms with Crippen molar-refractivity contribution in [3.05, 3.63) is 60.3 Å². The van der Waals surface area contributed by atoms with Gasteiger partial charge in [0.2, 0.25) is 5.91 Å². The van der Waals surface area contributed by atoms with E-state index in [1.165, 1.54) is 16.3 Å². The Balaban J connectivity index is 1.29. The molecular formula is C33H37N5O5. The molecule has 0 atom stereocenters. The Morgan fingerprint density at radius 1 is 0.884 bits per heavy atom. The normalized spacial score (nSPS) is 18.0. The molecule has 0 unspecified atom stereocenters. The number of carbonyl (C=O) groups is 4. The van der Waals surface area contributed by atoms with Crippen LogP contribution >= 0.6 is 0 Å². The standard InChI is InChI=1S/C33H37N5O5/c39-29(23-8-4-5-9-23)19-37-27-13-7-6-12-26(27)32(24-10-2-1-3-11-24)35-38(33(37)43)20-30(40)34-25-15-14-22-16-17-36(21-31(41)42)28(22)18-25/h6-7,12-18,23-24H,1-5,8-11,19-21H2,(H,34,40)(H,41,42). The number of ketones is 1. The van der Waals surface area contributed by atoms with Crippen LogP contribution in [0.3, 0.4) is 0 Å². The number of para-hydroxylation sites is 1. The average molecular weight is 584 g/mol. The number of hydrazone groups is 1. The molecule has 3 amide bonds. The predicted octanol–water partition coefficient (Wildman–Crippen LogP) is 5.65. The maximum Gasteiger partial charge on any atom is 0.345 e. The van der Waals surface area contributed by atoms with Crippen LogP contribution in [-0.2, 0) is 20.9 Å². The summed E-state index contributed by atoms with van der Waals surface area (Å²) in [6.07, 6.45) is 10.7. The molecule has 10 nitrogen and oxygen atoms in total. The second kappa shape index (κ2) is 12.4. The van der Waals surface area contributed by atoms with E-state index in [2.05, 4.69) is 5.32 Å². The minimum absolute atomic E-state index is 0.0452. The number of aromatic nitrogens is 1. The lowest BCUT2D eigenvalue weighted by molar-refractivity contribution is -0.137. The number of carboxylic acid groups (broad SMARTS) is 1. The monoisotopic (exact) mass is 583 g/mol. The van der Waals surface area contributed by atoms with Crippen molar-refractivity contribution in [3.63, 3.8) is 0 Å². The summed E-state index contributed by atoms with van der Waals surface area (Å²) in [4.78, 5) is 53.7. The fraction of sp³-hybridized carbons (Fsp3) is 0.424. The van der Waals surface area contributed by atoms with Gasteiger partial charge in [-0.25, -0.2) is 9.80 Å². The number of rotatable bonds is 9. The Kier molecular flexibility index (Phi) is 8.26. The van der Waals surface area contributed by atoms with E-state index in [4.69, 9.17) is 5.10 Å². The second-order valence-corrected chi connectivity index (χ2v) is 11.9. The predicted molar refractivity (Wildman–Crippen MR) is 164 cm³/mol. The summed E-state index contributed by atoms with van der Waals surface area (Å²) < 4.78 is 1.60. The number of anilines is 2. The first-order chi connectivity index (χ1) is 20.9. The fourth-order valence-corrected chi connectivity index (χ4v) is 6.74. The molecule has 2 aromatic carbocycles. The van der Waals surface area contributed by atoms with Gasteiger partial charge in [-0.1, -0.05) is 56.4 Å². The van der Waals surface area contributed by atoms with Crippen LogP contribution in [0.2, 0.25) is 0 Å². The number of carbonyl (C=O) groups excluding carboxylic acids is 3. The van der Waals surface area contributed by atoms with Crippen LogP contribution in [0, 0.1) is 11.8 Å². The Bertz CT molecular complexity index is 1580. The molecule has 0 bridgehead atoms. The van der Waals surface area contributed by atoms with E-state index in [9.17, 15) is 24.3 Å². The zero-order valence-corrected chi connectivity index (χ0v) is 24.2. The number of aliphatic carboxylic acids is 1. The zero-order chi connectivity index (χ0) is 29.9. The zero-order valence-electron chi connectivity index (χ0n) is 24.2. The summed E-state index contributed by atoms with van der Waals surface area (Å²) >= 11 is 0. The molecule has 0 spiro atoms. The van der Waals surface area contributed by atoms with Crippen LogP contribution in [0.4, 0.5) is 16.2 Å². The first-order valence-corrected chi connectivity index (χ1v) is 15.3. The number of nitrogens with one attached hydrogen (secondary N) is 1. The van der Waals surface area contributed by atoms with Crippen molar-refractivity contribution in [2.75, 3.05) is 23.3 Å². The highest BCUT2D eigenvalue weighted by molar-refractivity contribution is 6.13. The van der Waals surface area contributed by atoms with Gasteiger partial charge in [-0.2, -0.15) is 5.10 Å². The van der Waals surface area contributed by atoms with E-state index in [1.807, 2.05) is 36.4 Å². The lowest BCUT2D eigenvalue weighted by atomic mass is 9.83. The van der Waals surface area contributed by atoms with Gasteiger partial charge in [-0.3, -0.25) is 19.3 Å². The van der Waals surface area contributed by atoms with Crippen LogP contribution < -0.4 is 10.2 Å². The Morgan fingerprint density at radius 2 is 1.63 bits per heavy atom. The number of hydrogen-bond acceptors (Lipinski definition) is 5. The van der Waals surface area contributed by atoms with E-state index >= 15 is 0 Å². The third kappa shape index (κ3) is 6.18. The van der Waals surface area contributed by atoms with E-state index in [0.29, 0.717) is 16.9 Å². The van der Waals surface area contributed by atoms with Crippen LogP contribution in [0.25, 0.3) is 10.9 Å². The maximum absolute atomic E-state index is 14.1. The van der Waals surface area contributed by atoms with Crippen LogP contribution in [0.1, 0.15) is 63.4 Å². The van der Waals surface area contributed by atoms with E-state index in [1.54, 1.807) is 22.9 Å². The van der Waals surface area contributed by atoms with Crippen molar-refractivity contribution in [2.45, 2.75) is 64.3 Å². The topological polar surface area (TPSA) is 124 Å². The van der Waals surface area contributed by atoms with Gasteiger partial charge in [0, 0.05) is 29.3 Å². The molecule has 224 valence electrons. The van der Waals surface area contributed by atoms with Crippen LogP contribution in [0.15, 0.2) is 59.8 Å². The highest BCUT2D eigenvalue weighted by Crippen LogP contribution is 2.35. The van der Waals surface area contributed by atoms with Gasteiger partial charge < -0.3 is 15.0 Å². The molecule has 10 heteroatoms. The van der Waals surface area contributed by atoms with Crippen molar-refractivity contribution in [1.29, 1.82) is 0 Å². The van der Waals surface area contributed by atoms with Gasteiger partial charge in [0.1, 0.15) is 13.1 Å². The number of amides is 3. The van der Waals surface area contributed by atoms with Gasteiger partial charge in [0.15, 0.2) is 5.78 Å². The summed E-state index contributed by atoms with van der Waals surface area (Å²) in [5, 5.41) is 19.0. The molecule has 3 aliphatic rings. The van der Waals surface area contributed by atoms with Gasteiger partial charge >= 0.3 is 12.0 Å².